The van der Waals surface area contributed by atoms with Crippen LogP contribution in [0, 0.1) is 0 Å². The van der Waals surface area contributed by atoms with E-state index in [1.54, 1.807) is 0 Å². The molecule has 1 atom stereocenters. The second kappa shape index (κ2) is 6.01. The summed E-state index contributed by atoms with van der Waals surface area (Å²) in [6.07, 6.45) is 0.725. The van der Waals surface area contributed by atoms with Crippen molar-refractivity contribution in [3.63, 3.8) is 0 Å². The van der Waals surface area contributed by atoms with Crippen molar-refractivity contribution in [2.24, 2.45) is 0 Å². The third-order valence-electron chi connectivity index (χ3n) is 3.06. The van der Waals surface area contributed by atoms with Gasteiger partial charge in [0.1, 0.15) is 0 Å². The molecule has 0 saturated carbocycles. The minimum atomic E-state index is -0.167. The van der Waals surface area contributed by atoms with Crippen molar-refractivity contribution in [3.8, 4) is 0 Å². The van der Waals surface area contributed by atoms with Gasteiger partial charge in [0.15, 0.2) is 0 Å². The van der Waals surface area contributed by atoms with Gasteiger partial charge in [-0.15, -0.1) is 0 Å². The van der Waals surface area contributed by atoms with Crippen molar-refractivity contribution < 1.29 is 9.90 Å². The normalized spacial score (nSPS) is 13.2. The minimum absolute atomic E-state index is 0.0255. The third-order valence-corrected chi connectivity index (χ3v) is 3.06. The number of carbonyl (C=O) groups excluding carboxylic acids is 1. The first-order chi connectivity index (χ1) is 8.38. The van der Waals surface area contributed by atoms with Crippen molar-refractivity contribution in [1.29, 1.82) is 0 Å². The zero-order valence-electron chi connectivity index (χ0n) is 11.7. The van der Waals surface area contributed by atoms with Gasteiger partial charge in [0.2, 0.25) is 0 Å². The fourth-order valence-electron chi connectivity index (χ4n) is 1.67. The Morgan fingerprint density at radius 3 is 2.22 bits per heavy atom. The topological polar surface area (TPSA) is 49.3 Å². The summed E-state index contributed by atoms with van der Waals surface area (Å²) in [6.45, 7) is 8.33. The number of rotatable bonds is 4. The van der Waals surface area contributed by atoms with Crippen LogP contribution in [0.4, 0.5) is 0 Å². The summed E-state index contributed by atoms with van der Waals surface area (Å²) in [4.78, 5) is 11.9. The summed E-state index contributed by atoms with van der Waals surface area (Å²) < 4.78 is 0. The molecule has 3 heteroatoms. The maximum Gasteiger partial charge on any atom is 0.251 e. The highest BCUT2D eigenvalue weighted by atomic mass is 16.3. The van der Waals surface area contributed by atoms with Gasteiger partial charge >= 0.3 is 0 Å². The van der Waals surface area contributed by atoms with Crippen molar-refractivity contribution in [2.75, 3.05) is 6.61 Å². The lowest BCUT2D eigenvalue weighted by atomic mass is 9.86. The Morgan fingerprint density at radius 2 is 1.83 bits per heavy atom. The lowest BCUT2D eigenvalue weighted by Crippen LogP contribution is -2.36. The van der Waals surface area contributed by atoms with E-state index < -0.39 is 0 Å². The molecule has 1 aromatic carbocycles. The second-order valence-electron chi connectivity index (χ2n) is 5.59. The predicted molar refractivity (Wildman–Crippen MR) is 73.8 cm³/mol. The number of nitrogens with one attached hydrogen (secondary N) is 1. The summed E-state index contributed by atoms with van der Waals surface area (Å²) in [5.41, 5.74) is 1.93. The molecule has 0 aliphatic heterocycles. The Hall–Kier alpha value is -1.35. The third kappa shape index (κ3) is 3.84. The standard InChI is InChI=1S/C15H23NO2/c1-5-13(10-17)16-14(18)11-6-8-12(9-7-11)15(2,3)4/h6-9,13,17H,5,10H2,1-4H3,(H,16,18)/t13-/m0/s1. The molecule has 0 aromatic heterocycles. The van der Waals surface area contributed by atoms with Crippen molar-refractivity contribution in [2.45, 2.75) is 45.6 Å². The van der Waals surface area contributed by atoms with Crippen LogP contribution in [-0.2, 0) is 5.41 Å². The van der Waals surface area contributed by atoms with Gasteiger partial charge in [-0.1, -0.05) is 39.8 Å². The Bertz CT molecular complexity index is 386. The number of carbonyl (C=O) groups is 1. The molecule has 1 amide bonds. The van der Waals surface area contributed by atoms with E-state index in [1.165, 1.54) is 5.56 Å². The van der Waals surface area contributed by atoms with E-state index in [2.05, 4.69) is 26.1 Å². The summed E-state index contributed by atoms with van der Waals surface area (Å²) in [6, 6.07) is 7.46. The van der Waals surface area contributed by atoms with E-state index in [0.717, 1.165) is 6.42 Å². The highest BCUT2D eigenvalue weighted by molar-refractivity contribution is 5.94. The monoisotopic (exact) mass is 249 g/mol. The first-order valence-corrected chi connectivity index (χ1v) is 6.40. The molecule has 0 unspecified atom stereocenters. The van der Waals surface area contributed by atoms with Gasteiger partial charge in [-0.3, -0.25) is 4.79 Å². The fraction of sp³-hybridized carbons (Fsp3) is 0.533. The number of benzene rings is 1. The Kier molecular flexibility index (Phi) is 4.91. The molecule has 0 spiro atoms. The van der Waals surface area contributed by atoms with Crippen molar-refractivity contribution >= 4 is 5.91 Å². The van der Waals surface area contributed by atoms with Crippen LogP contribution in [0.1, 0.15) is 50.0 Å². The average molecular weight is 249 g/mol. The Labute approximate surface area is 109 Å². The van der Waals surface area contributed by atoms with Gasteiger partial charge < -0.3 is 10.4 Å². The quantitative estimate of drug-likeness (QED) is 0.861. The van der Waals surface area contributed by atoms with Crippen LogP contribution >= 0.6 is 0 Å². The van der Waals surface area contributed by atoms with Gasteiger partial charge in [-0.05, 0) is 29.5 Å². The van der Waals surface area contributed by atoms with Crippen LogP contribution < -0.4 is 5.32 Å². The highest BCUT2D eigenvalue weighted by Gasteiger charge is 2.15. The molecule has 100 valence electrons. The molecule has 1 rings (SSSR count). The fourth-order valence-corrected chi connectivity index (χ4v) is 1.67. The lowest BCUT2D eigenvalue weighted by molar-refractivity contribution is 0.0915. The average Bonchev–Trinajstić information content (AvgIpc) is 2.34. The predicted octanol–water partition coefficient (Wildman–Crippen LogP) is 2.48. The molecule has 0 radical (unpaired) electrons. The zero-order valence-corrected chi connectivity index (χ0v) is 11.7. The lowest BCUT2D eigenvalue weighted by Gasteiger charge is -2.19. The number of hydrogen-bond acceptors (Lipinski definition) is 2. The van der Waals surface area contributed by atoms with Crippen molar-refractivity contribution in [1.82, 2.24) is 5.32 Å². The molecule has 0 saturated heterocycles. The summed E-state index contributed by atoms with van der Waals surface area (Å²) in [5.74, 6) is -0.128. The second-order valence-corrected chi connectivity index (χ2v) is 5.59. The minimum Gasteiger partial charge on any atom is -0.394 e. The molecule has 0 bridgehead atoms. The zero-order chi connectivity index (χ0) is 13.8. The molecule has 3 nitrogen and oxygen atoms in total. The molecular weight excluding hydrogens is 226 g/mol. The van der Waals surface area contributed by atoms with Gasteiger partial charge in [-0.2, -0.15) is 0 Å². The molecular formula is C15H23NO2. The molecule has 2 N–H and O–H groups in total. The van der Waals surface area contributed by atoms with Crippen LogP contribution in [0.2, 0.25) is 0 Å². The summed E-state index contributed by atoms with van der Waals surface area (Å²) >= 11 is 0. The first-order valence-electron chi connectivity index (χ1n) is 6.40. The summed E-state index contributed by atoms with van der Waals surface area (Å²) in [7, 11) is 0. The maximum absolute atomic E-state index is 11.9. The Morgan fingerprint density at radius 1 is 1.28 bits per heavy atom. The van der Waals surface area contributed by atoms with E-state index in [9.17, 15) is 4.79 Å². The van der Waals surface area contributed by atoms with E-state index in [0.29, 0.717) is 5.56 Å². The molecule has 0 aliphatic rings. The van der Waals surface area contributed by atoms with E-state index >= 15 is 0 Å². The molecule has 1 aromatic rings. The molecule has 18 heavy (non-hydrogen) atoms. The molecule has 0 fully saturated rings. The number of hydrogen-bond donors (Lipinski definition) is 2. The molecule has 0 heterocycles. The van der Waals surface area contributed by atoms with Gasteiger partial charge in [0.05, 0.1) is 12.6 Å². The number of aliphatic hydroxyl groups is 1. The highest BCUT2D eigenvalue weighted by Crippen LogP contribution is 2.22. The van der Waals surface area contributed by atoms with Gasteiger partial charge in [0, 0.05) is 5.56 Å². The van der Waals surface area contributed by atoms with Crippen LogP contribution in [0.5, 0.6) is 0 Å². The summed E-state index contributed by atoms with van der Waals surface area (Å²) in [5, 5.41) is 11.9. The first kappa shape index (κ1) is 14.7. The van der Waals surface area contributed by atoms with Crippen LogP contribution in [0.3, 0.4) is 0 Å². The molecule has 0 aliphatic carbocycles. The van der Waals surface area contributed by atoms with Crippen LogP contribution in [-0.4, -0.2) is 23.7 Å². The number of aliphatic hydroxyl groups excluding tert-OH is 1. The van der Waals surface area contributed by atoms with Gasteiger partial charge in [-0.25, -0.2) is 0 Å². The largest absolute Gasteiger partial charge is 0.394 e. The van der Waals surface area contributed by atoms with Crippen molar-refractivity contribution in [3.05, 3.63) is 35.4 Å². The number of amides is 1. The van der Waals surface area contributed by atoms with Crippen LogP contribution in [0.25, 0.3) is 0 Å². The van der Waals surface area contributed by atoms with E-state index in [4.69, 9.17) is 5.11 Å². The van der Waals surface area contributed by atoms with Crippen LogP contribution in [0.15, 0.2) is 24.3 Å². The Balaban J connectivity index is 2.76. The SMILES string of the molecule is CC[C@@H](CO)NC(=O)c1ccc(C(C)(C)C)cc1. The smallest absolute Gasteiger partial charge is 0.251 e. The van der Waals surface area contributed by atoms with Gasteiger partial charge in [0.25, 0.3) is 5.91 Å². The van der Waals surface area contributed by atoms with E-state index in [-0.39, 0.29) is 24.0 Å². The maximum atomic E-state index is 11.9. The van der Waals surface area contributed by atoms with E-state index in [1.807, 2.05) is 31.2 Å².